The maximum Gasteiger partial charge on any atom is 0.240 e. The minimum atomic E-state index is -3.38. The Balaban J connectivity index is 2.92. The molecule has 0 amide bonds. The molecule has 1 N–H and O–H groups in total. The standard InChI is InChI=1S/C13H21NO2S/c1-5-13(10(2)3)14-17(15,16)12-8-6-11(4)7-9-12/h6-10,13-14H,5H2,1-4H3. The number of rotatable bonds is 5. The van der Waals surface area contributed by atoms with Gasteiger partial charge in [0.05, 0.1) is 4.90 Å². The molecule has 0 fully saturated rings. The van der Waals surface area contributed by atoms with Crippen LogP contribution >= 0.6 is 0 Å². The van der Waals surface area contributed by atoms with Crippen LogP contribution in [-0.2, 0) is 10.0 Å². The van der Waals surface area contributed by atoms with Crippen molar-refractivity contribution in [1.82, 2.24) is 4.72 Å². The summed E-state index contributed by atoms with van der Waals surface area (Å²) in [6.45, 7) is 7.97. The molecule has 0 aromatic heterocycles. The van der Waals surface area contributed by atoms with E-state index >= 15 is 0 Å². The molecule has 0 saturated carbocycles. The van der Waals surface area contributed by atoms with Crippen molar-refractivity contribution < 1.29 is 8.42 Å². The van der Waals surface area contributed by atoms with E-state index in [2.05, 4.69) is 4.72 Å². The molecule has 96 valence electrons. The van der Waals surface area contributed by atoms with E-state index in [0.29, 0.717) is 10.8 Å². The Labute approximate surface area is 104 Å². The first-order valence-corrected chi connectivity index (χ1v) is 7.44. The van der Waals surface area contributed by atoms with Crippen LogP contribution in [0.3, 0.4) is 0 Å². The monoisotopic (exact) mass is 255 g/mol. The van der Waals surface area contributed by atoms with Crippen molar-refractivity contribution in [2.75, 3.05) is 0 Å². The highest BCUT2D eigenvalue weighted by Crippen LogP contribution is 2.14. The second-order valence-corrected chi connectivity index (χ2v) is 6.41. The number of sulfonamides is 1. The highest BCUT2D eigenvalue weighted by atomic mass is 32.2. The summed E-state index contributed by atoms with van der Waals surface area (Å²) in [6, 6.07) is 6.90. The van der Waals surface area contributed by atoms with Gasteiger partial charge in [0, 0.05) is 6.04 Å². The highest BCUT2D eigenvalue weighted by molar-refractivity contribution is 7.89. The predicted octanol–water partition coefficient (Wildman–Crippen LogP) is 2.71. The average molecular weight is 255 g/mol. The third kappa shape index (κ3) is 3.82. The summed E-state index contributed by atoms with van der Waals surface area (Å²) in [5, 5.41) is 0. The molecule has 0 aliphatic heterocycles. The first-order valence-electron chi connectivity index (χ1n) is 5.96. The lowest BCUT2D eigenvalue weighted by atomic mass is 10.0. The molecule has 3 nitrogen and oxygen atoms in total. The van der Waals surface area contributed by atoms with Crippen LogP contribution in [0.25, 0.3) is 0 Å². The summed E-state index contributed by atoms with van der Waals surface area (Å²) in [5.41, 5.74) is 1.06. The fourth-order valence-electron chi connectivity index (χ4n) is 1.68. The van der Waals surface area contributed by atoms with Crippen LogP contribution in [0, 0.1) is 12.8 Å². The van der Waals surface area contributed by atoms with Gasteiger partial charge in [0.1, 0.15) is 0 Å². The quantitative estimate of drug-likeness (QED) is 0.879. The largest absolute Gasteiger partial charge is 0.240 e. The third-order valence-corrected chi connectivity index (χ3v) is 4.39. The zero-order valence-corrected chi connectivity index (χ0v) is 11.7. The predicted molar refractivity (Wildman–Crippen MR) is 70.4 cm³/mol. The second kappa shape index (κ2) is 5.65. The SMILES string of the molecule is CCC(NS(=O)(=O)c1ccc(C)cc1)C(C)C. The van der Waals surface area contributed by atoms with Crippen LogP contribution in [0.15, 0.2) is 29.2 Å². The minimum absolute atomic E-state index is 0.0127. The smallest absolute Gasteiger partial charge is 0.208 e. The van der Waals surface area contributed by atoms with E-state index in [1.165, 1.54) is 0 Å². The normalized spacial score (nSPS) is 13.9. The van der Waals surface area contributed by atoms with Gasteiger partial charge in [0.15, 0.2) is 0 Å². The van der Waals surface area contributed by atoms with E-state index in [9.17, 15) is 8.42 Å². The summed E-state index contributed by atoms with van der Waals surface area (Å²) in [7, 11) is -3.38. The first-order chi connectivity index (χ1) is 7.86. The summed E-state index contributed by atoms with van der Waals surface area (Å²) < 4.78 is 27.0. The van der Waals surface area contributed by atoms with Crippen molar-refractivity contribution in [3.05, 3.63) is 29.8 Å². The van der Waals surface area contributed by atoms with Crippen molar-refractivity contribution >= 4 is 10.0 Å². The molecule has 0 saturated heterocycles. The van der Waals surface area contributed by atoms with Gasteiger partial charge < -0.3 is 0 Å². The van der Waals surface area contributed by atoms with Gasteiger partial charge >= 0.3 is 0 Å². The molecule has 0 radical (unpaired) electrons. The fraction of sp³-hybridized carbons (Fsp3) is 0.538. The summed E-state index contributed by atoms with van der Waals surface area (Å²) in [6.07, 6.45) is 0.794. The summed E-state index contributed by atoms with van der Waals surface area (Å²) in [5.74, 6) is 0.292. The van der Waals surface area contributed by atoms with Crippen molar-refractivity contribution in [3.63, 3.8) is 0 Å². The summed E-state index contributed by atoms with van der Waals surface area (Å²) >= 11 is 0. The lowest BCUT2D eigenvalue weighted by Gasteiger charge is -2.20. The number of nitrogens with one attached hydrogen (secondary N) is 1. The zero-order chi connectivity index (χ0) is 13.1. The highest BCUT2D eigenvalue weighted by Gasteiger charge is 2.20. The lowest BCUT2D eigenvalue weighted by molar-refractivity contribution is 0.437. The minimum Gasteiger partial charge on any atom is -0.208 e. The Bertz CT molecular complexity index is 449. The molecular formula is C13H21NO2S. The Hall–Kier alpha value is -0.870. The first kappa shape index (κ1) is 14.2. The molecule has 1 aromatic rings. The van der Waals surface area contributed by atoms with Crippen molar-refractivity contribution in [3.8, 4) is 0 Å². The van der Waals surface area contributed by atoms with Crippen molar-refractivity contribution in [1.29, 1.82) is 0 Å². The van der Waals surface area contributed by atoms with Crippen LogP contribution in [0.2, 0.25) is 0 Å². The summed E-state index contributed by atoms with van der Waals surface area (Å²) in [4.78, 5) is 0.335. The van der Waals surface area contributed by atoms with Gasteiger partial charge in [-0.1, -0.05) is 38.5 Å². The molecule has 0 heterocycles. The van der Waals surface area contributed by atoms with Crippen LogP contribution in [-0.4, -0.2) is 14.5 Å². The van der Waals surface area contributed by atoms with E-state index in [1.807, 2.05) is 39.8 Å². The van der Waals surface area contributed by atoms with Gasteiger partial charge in [0.25, 0.3) is 0 Å². The molecular weight excluding hydrogens is 234 g/mol. The van der Waals surface area contributed by atoms with E-state index in [0.717, 1.165) is 12.0 Å². The van der Waals surface area contributed by atoms with Gasteiger partial charge in [-0.3, -0.25) is 0 Å². The Morgan fingerprint density at radius 1 is 1.18 bits per heavy atom. The molecule has 0 bridgehead atoms. The number of benzene rings is 1. The van der Waals surface area contributed by atoms with Gasteiger partial charge in [-0.15, -0.1) is 0 Å². The topological polar surface area (TPSA) is 46.2 Å². The van der Waals surface area contributed by atoms with Crippen LogP contribution in [0.5, 0.6) is 0 Å². The van der Waals surface area contributed by atoms with Crippen LogP contribution < -0.4 is 4.72 Å². The fourth-order valence-corrected chi connectivity index (χ4v) is 3.14. The van der Waals surface area contributed by atoms with Gasteiger partial charge in [-0.25, -0.2) is 13.1 Å². The molecule has 0 aliphatic carbocycles. The Morgan fingerprint density at radius 2 is 1.71 bits per heavy atom. The molecule has 0 aliphatic rings. The van der Waals surface area contributed by atoms with E-state index in [1.54, 1.807) is 12.1 Å². The number of hydrogen-bond donors (Lipinski definition) is 1. The molecule has 1 rings (SSSR count). The van der Waals surface area contributed by atoms with Gasteiger partial charge in [0.2, 0.25) is 10.0 Å². The van der Waals surface area contributed by atoms with E-state index < -0.39 is 10.0 Å². The van der Waals surface area contributed by atoms with Gasteiger partial charge in [-0.2, -0.15) is 0 Å². The van der Waals surface area contributed by atoms with Gasteiger partial charge in [-0.05, 0) is 31.4 Å². The number of aryl methyl sites for hydroxylation is 1. The van der Waals surface area contributed by atoms with E-state index in [4.69, 9.17) is 0 Å². The second-order valence-electron chi connectivity index (χ2n) is 4.69. The van der Waals surface area contributed by atoms with Crippen molar-refractivity contribution in [2.24, 2.45) is 5.92 Å². The molecule has 4 heteroatoms. The molecule has 1 atom stereocenters. The maximum atomic E-state index is 12.1. The average Bonchev–Trinajstić information content (AvgIpc) is 2.26. The van der Waals surface area contributed by atoms with Crippen LogP contribution in [0.4, 0.5) is 0 Å². The molecule has 1 aromatic carbocycles. The van der Waals surface area contributed by atoms with E-state index in [-0.39, 0.29) is 6.04 Å². The zero-order valence-electron chi connectivity index (χ0n) is 10.9. The Morgan fingerprint density at radius 3 is 2.12 bits per heavy atom. The molecule has 17 heavy (non-hydrogen) atoms. The van der Waals surface area contributed by atoms with Crippen LogP contribution in [0.1, 0.15) is 32.8 Å². The Kier molecular flexibility index (Phi) is 4.71. The maximum absolute atomic E-state index is 12.1. The lowest BCUT2D eigenvalue weighted by Crippen LogP contribution is -2.37. The molecule has 1 unspecified atom stereocenters. The third-order valence-electron chi connectivity index (χ3n) is 2.88. The molecule has 0 spiro atoms. The van der Waals surface area contributed by atoms with Crippen molar-refractivity contribution in [2.45, 2.75) is 45.1 Å². The number of hydrogen-bond acceptors (Lipinski definition) is 2.